The minimum Gasteiger partial charge on any atom is -0.468 e. The lowest BCUT2D eigenvalue weighted by Crippen LogP contribution is -2.46. The third kappa shape index (κ3) is 4.01. The number of sulfone groups is 1. The molecule has 0 radical (unpaired) electrons. The second-order valence-electron chi connectivity index (χ2n) is 5.85. The van der Waals surface area contributed by atoms with Crippen molar-refractivity contribution in [1.29, 1.82) is 0 Å². The fourth-order valence-electron chi connectivity index (χ4n) is 2.57. The molecule has 2 rings (SSSR count). The van der Waals surface area contributed by atoms with E-state index in [0.29, 0.717) is 13.0 Å². The van der Waals surface area contributed by atoms with Crippen molar-refractivity contribution in [1.82, 2.24) is 15.1 Å². The van der Waals surface area contributed by atoms with Crippen LogP contribution in [0.5, 0.6) is 0 Å². The predicted molar refractivity (Wildman–Crippen MR) is 83.4 cm³/mol. The average molecular weight is 329 g/mol. The van der Waals surface area contributed by atoms with Gasteiger partial charge < -0.3 is 14.6 Å². The summed E-state index contributed by atoms with van der Waals surface area (Å²) in [6.07, 6.45) is 2.10. The molecule has 7 nitrogen and oxygen atoms in total. The van der Waals surface area contributed by atoms with Gasteiger partial charge in [-0.15, -0.1) is 0 Å². The zero-order valence-electron chi connectivity index (χ0n) is 13.2. The number of amides is 2. The summed E-state index contributed by atoms with van der Waals surface area (Å²) in [6, 6.07) is 3.10. The van der Waals surface area contributed by atoms with Gasteiger partial charge in [0, 0.05) is 19.6 Å². The number of hydrogen-bond donors (Lipinski definition) is 1. The SMILES string of the molecule is CN(C)[C@H](CNC(=O)N(C)[C@H]1CCS(=O)(=O)C1)c1ccco1. The molecule has 2 heterocycles. The topological polar surface area (TPSA) is 82.9 Å². The fraction of sp³-hybridized carbons (Fsp3) is 0.643. The van der Waals surface area contributed by atoms with Crippen LogP contribution in [0.3, 0.4) is 0 Å². The number of nitrogens with zero attached hydrogens (tertiary/aromatic N) is 2. The van der Waals surface area contributed by atoms with Gasteiger partial charge in [0.15, 0.2) is 9.84 Å². The van der Waals surface area contributed by atoms with Crippen LogP contribution in [0, 0.1) is 0 Å². The Hall–Kier alpha value is -1.54. The third-order valence-corrected chi connectivity index (χ3v) is 5.77. The summed E-state index contributed by atoms with van der Waals surface area (Å²) >= 11 is 0. The van der Waals surface area contributed by atoms with E-state index in [1.54, 1.807) is 13.3 Å². The number of nitrogens with one attached hydrogen (secondary N) is 1. The van der Waals surface area contributed by atoms with Gasteiger partial charge in [-0.25, -0.2) is 13.2 Å². The Bertz CT molecular complexity index is 598. The molecule has 1 N–H and O–H groups in total. The minimum absolute atomic E-state index is 0.0478. The van der Waals surface area contributed by atoms with Gasteiger partial charge in [-0.3, -0.25) is 4.90 Å². The van der Waals surface area contributed by atoms with E-state index >= 15 is 0 Å². The van der Waals surface area contributed by atoms with E-state index in [1.807, 2.05) is 31.1 Å². The van der Waals surface area contributed by atoms with Crippen molar-refractivity contribution >= 4 is 15.9 Å². The highest BCUT2D eigenvalue weighted by molar-refractivity contribution is 7.91. The van der Waals surface area contributed by atoms with Gasteiger partial charge in [0.1, 0.15) is 5.76 Å². The number of hydrogen-bond acceptors (Lipinski definition) is 5. The molecule has 1 saturated heterocycles. The number of urea groups is 1. The molecule has 8 heteroatoms. The lowest BCUT2D eigenvalue weighted by atomic mass is 10.2. The van der Waals surface area contributed by atoms with Crippen LogP contribution in [0.15, 0.2) is 22.8 Å². The van der Waals surface area contributed by atoms with Crippen LogP contribution in [0.2, 0.25) is 0 Å². The van der Waals surface area contributed by atoms with E-state index in [-0.39, 0.29) is 29.6 Å². The highest BCUT2D eigenvalue weighted by atomic mass is 32.2. The lowest BCUT2D eigenvalue weighted by Gasteiger charge is -2.27. The van der Waals surface area contributed by atoms with E-state index < -0.39 is 9.84 Å². The van der Waals surface area contributed by atoms with Crippen LogP contribution in [0.1, 0.15) is 18.2 Å². The van der Waals surface area contributed by atoms with Gasteiger partial charge in [0.2, 0.25) is 0 Å². The fourth-order valence-corrected chi connectivity index (χ4v) is 4.35. The third-order valence-electron chi connectivity index (χ3n) is 4.02. The van der Waals surface area contributed by atoms with Gasteiger partial charge in [-0.2, -0.15) is 0 Å². The van der Waals surface area contributed by atoms with Gasteiger partial charge in [-0.1, -0.05) is 0 Å². The Morgan fingerprint density at radius 1 is 1.45 bits per heavy atom. The van der Waals surface area contributed by atoms with Crippen LogP contribution in [0.4, 0.5) is 4.79 Å². The first kappa shape index (κ1) is 16.8. The molecular formula is C14H23N3O4S. The Kier molecular flexibility index (Phi) is 5.12. The van der Waals surface area contributed by atoms with Crippen LogP contribution in [0.25, 0.3) is 0 Å². The van der Waals surface area contributed by atoms with Crippen molar-refractivity contribution in [3.8, 4) is 0 Å². The first-order valence-corrected chi connectivity index (χ1v) is 9.03. The normalized spacial score (nSPS) is 21.7. The van der Waals surface area contributed by atoms with Crippen LogP contribution < -0.4 is 5.32 Å². The molecule has 1 aliphatic heterocycles. The smallest absolute Gasteiger partial charge is 0.317 e. The summed E-state index contributed by atoms with van der Waals surface area (Å²) in [6.45, 7) is 0.392. The predicted octanol–water partition coefficient (Wildman–Crippen LogP) is 0.711. The molecule has 0 unspecified atom stereocenters. The molecule has 1 aromatic heterocycles. The number of furan rings is 1. The molecule has 0 spiro atoms. The molecule has 124 valence electrons. The molecular weight excluding hydrogens is 306 g/mol. The monoisotopic (exact) mass is 329 g/mol. The summed E-state index contributed by atoms with van der Waals surface area (Å²) < 4.78 is 28.4. The largest absolute Gasteiger partial charge is 0.468 e. The van der Waals surface area contributed by atoms with E-state index in [4.69, 9.17) is 4.42 Å². The van der Waals surface area contributed by atoms with Crippen LogP contribution >= 0.6 is 0 Å². The van der Waals surface area contributed by atoms with E-state index in [2.05, 4.69) is 5.32 Å². The van der Waals surface area contributed by atoms with Crippen molar-refractivity contribution in [2.45, 2.75) is 18.5 Å². The summed E-state index contributed by atoms with van der Waals surface area (Å²) in [5.74, 6) is 0.977. The summed E-state index contributed by atoms with van der Waals surface area (Å²) in [5.41, 5.74) is 0. The quantitative estimate of drug-likeness (QED) is 0.860. The van der Waals surface area contributed by atoms with Crippen molar-refractivity contribution in [2.75, 3.05) is 39.2 Å². The van der Waals surface area contributed by atoms with Gasteiger partial charge in [0.25, 0.3) is 0 Å². The molecule has 1 fully saturated rings. The molecule has 0 saturated carbocycles. The Labute approximate surface area is 131 Å². The molecule has 0 bridgehead atoms. The molecule has 1 aliphatic rings. The first-order chi connectivity index (χ1) is 10.3. The van der Waals surface area contributed by atoms with Crippen LogP contribution in [-0.2, 0) is 9.84 Å². The summed E-state index contributed by atoms with van der Waals surface area (Å²) in [4.78, 5) is 15.7. The summed E-state index contributed by atoms with van der Waals surface area (Å²) in [7, 11) is 2.46. The average Bonchev–Trinajstić information content (AvgIpc) is 3.07. The maximum absolute atomic E-state index is 12.2. The van der Waals surface area contributed by atoms with Gasteiger partial charge >= 0.3 is 6.03 Å². The zero-order chi connectivity index (χ0) is 16.3. The van der Waals surface area contributed by atoms with E-state index in [9.17, 15) is 13.2 Å². The molecule has 1 aromatic rings. The first-order valence-electron chi connectivity index (χ1n) is 7.21. The lowest BCUT2D eigenvalue weighted by molar-refractivity contribution is 0.187. The Balaban J connectivity index is 1.91. The van der Waals surface area contributed by atoms with Crippen molar-refractivity contribution in [3.05, 3.63) is 24.2 Å². The molecule has 22 heavy (non-hydrogen) atoms. The van der Waals surface area contributed by atoms with Crippen LogP contribution in [-0.4, -0.2) is 69.5 Å². The maximum Gasteiger partial charge on any atom is 0.317 e. The summed E-state index contributed by atoms with van der Waals surface area (Å²) in [5, 5.41) is 2.85. The molecule has 0 aliphatic carbocycles. The zero-order valence-corrected chi connectivity index (χ0v) is 14.0. The second-order valence-corrected chi connectivity index (χ2v) is 8.08. The van der Waals surface area contributed by atoms with Gasteiger partial charge in [0.05, 0.1) is 23.8 Å². The number of carbonyl (C=O) groups is 1. The van der Waals surface area contributed by atoms with Crippen molar-refractivity contribution in [2.24, 2.45) is 0 Å². The van der Waals surface area contributed by atoms with Crippen molar-refractivity contribution in [3.63, 3.8) is 0 Å². The number of likely N-dealkylation sites (N-methyl/N-ethyl adjacent to an activating group) is 1. The number of rotatable bonds is 5. The standard InChI is InChI=1S/C14H23N3O4S/c1-16(2)12(13-5-4-7-21-13)9-15-14(18)17(3)11-6-8-22(19,20)10-11/h4-5,7,11-12H,6,8-10H2,1-3H3,(H,15,18)/t11-,12+/m0/s1. The maximum atomic E-state index is 12.2. The number of carbonyl (C=O) groups excluding carboxylic acids is 1. The Morgan fingerprint density at radius 3 is 2.68 bits per heavy atom. The Morgan fingerprint density at radius 2 is 2.18 bits per heavy atom. The van der Waals surface area contributed by atoms with Gasteiger partial charge in [-0.05, 0) is 32.6 Å². The highest BCUT2D eigenvalue weighted by Gasteiger charge is 2.33. The molecule has 0 aromatic carbocycles. The second kappa shape index (κ2) is 6.70. The van der Waals surface area contributed by atoms with E-state index in [0.717, 1.165) is 5.76 Å². The minimum atomic E-state index is -3.00. The van der Waals surface area contributed by atoms with Crippen molar-refractivity contribution < 1.29 is 17.6 Å². The van der Waals surface area contributed by atoms with E-state index in [1.165, 1.54) is 4.90 Å². The molecule has 2 atom stereocenters. The molecule has 2 amide bonds. The highest BCUT2D eigenvalue weighted by Crippen LogP contribution is 2.19.